The Morgan fingerprint density at radius 2 is 1.66 bits per heavy atom. The second-order valence-electron chi connectivity index (χ2n) is 6.90. The highest BCUT2D eigenvalue weighted by Crippen LogP contribution is 2.32. The molecule has 0 N–H and O–H groups in total. The number of halogens is 2. The van der Waals surface area contributed by atoms with Crippen molar-refractivity contribution >= 4 is 17.4 Å². The standard InChI is InChI=1S/C22H16ClFN4O/c23-16-5-1-15(2-6-16)22-18-13-28(12-11-20(18)27-29-22)21-10-9-19(25-26-21)14-3-7-17(24)8-4-14/h1-10H,11-13H2. The largest absolute Gasteiger partial charge is 0.356 e. The summed E-state index contributed by atoms with van der Waals surface area (Å²) in [4.78, 5) is 2.15. The van der Waals surface area contributed by atoms with Crippen LogP contribution >= 0.6 is 11.6 Å². The number of fused-ring (bicyclic) bond motifs is 1. The minimum absolute atomic E-state index is 0.271. The maximum atomic E-state index is 13.1. The predicted octanol–water partition coefficient (Wildman–Crippen LogP) is 5.15. The van der Waals surface area contributed by atoms with Gasteiger partial charge in [0.05, 0.1) is 17.9 Å². The lowest BCUT2D eigenvalue weighted by molar-refractivity contribution is 0.424. The third-order valence-electron chi connectivity index (χ3n) is 5.06. The van der Waals surface area contributed by atoms with E-state index in [-0.39, 0.29) is 5.82 Å². The zero-order valence-corrected chi connectivity index (χ0v) is 16.1. The molecule has 144 valence electrons. The molecule has 0 saturated carbocycles. The molecule has 2 aromatic heterocycles. The van der Waals surface area contributed by atoms with Crippen LogP contribution in [0.1, 0.15) is 11.3 Å². The lowest BCUT2D eigenvalue weighted by atomic mass is 10.0. The molecular formula is C22H16ClFN4O. The molecular weight excluding hydrogens is 391 g/mol. The van der Waals surface area contributed by atoms with Crippen LogP contribution < -0.4 is 4.90 Å². The van der Waals surface area contributed by atoms with E-state index in [4.69, 9.17) is 16.1 Å². The van der Waals surface area contributed by atoms with Crippen LogP contribution in [0, 0.1) is 5.82 Å². The molecule has 1 aliphatic rings. The van der Waals surface area contributed by atoms with Crippen molar-refractivity contribution in [1.82, 2.24) is 15.4 Å². The summed E-state index contributed by atoms with van der Waals surface area (Å²) in [7, 11) is 0. The van der Waals surface area contributed by atoms with Gasteiger partial charge in [-0.2, -0.15) is 0 Å². The Morgan fingerprint density at radius 3 is 2.38 bits per heavy atom. The number of hydrogen-bond acceptors (Lipinski definition) is 5. The van der Waals surface area contributed by atoms with Crippen LogP contribution in [-0.2, 0) is 13.0 Å². The van der Waals surface area contributed by atoms with Crippen LogP contribution in [0.3, 0.4) is 0 Å². The molecule has 5 nitrogen and oxygen atoms in total. The topological polar surface area (TPSA) is 55.1 Å². The molecule has 0 spiro atoms. The lowest BCUT2D eigenvalue weighted by Gasteiger charge is -2.27. The Labute approximate surface area is 171 Å². The summed E-state index contributed by atoms with van der Waals surface area (Å²) in [5, 5.41) is 13.6. The fourth-order valence-corrected chi connectivity index (χ4v) is 3.63. The number of aromatic nitrogens is 3. The molecule has 0 bridgehead atoms. The number of rotatable bonds is 3. The normalized spacial score (nSPS) is 13.4. The molecule has 0 fully saturated rings. The Balaban J connectivity index is 1.40. The quantitative estimate of drug-likeness (QED) is 0.470. The van der Waals surface area contributed by atoms with Gasteiger partial charge in [-0.3, -0.25) is 0 Å². The Morgan fingerprint density at radius 1 is 0.897 bits per heavy atom. The molecule has 4 aromatic rings. The minimum Gasteiger partial charge on any atom is -0.356 e. The van der Waals surface area contributed by atoms with Gasteiger partial charge in [-0.1, -0.05) is 16.8 Å². The van der Waals surface area contributed by atoms with Gasteiger partial charge in [-0.15, -0.1) is 10.2 Å². The van der Waals surface area contributed by atoms with E-state index in [1.54, 1.807) is 12.1 Å². The monoisotopic (exact) mass is 406 g/mol. The van der Waals surface area contributed by atoms with Crippen molar-refractivity contribution in [2.75, 3.05) is 11.4 Å². The molecule has 0 amide bonds. The maximum absolute atomic E-state index is 13.1. The van der Waals surface area contributed by atoms with E-state index in [9.17, 15) is 4.39 Å². The summed E-state index contributed by atoms with van der Waals surface area (Å²) in [6.07, 6.45) is 0.772. The number of anilines is 1. The molecule has 0 radical (unpaired) electrons. The first-order valence-corrected chi connectivity index (χ1v) is 9.63. The van der Waals surface area contributed by atoms with Gasteiger partial charge in [-0.05, 0) is 60.7 Å². The van der Waals surface area contributed by atoms with Crippen LogP contribution in [0.15, 0.2) is 65.2 Å². The van der Waals surface area contributed by atoms with E-state index >= 15 is 0 Å². The summed E-state index contributed by atoms with van der Waals surface area (Å²) in [5.41, 5.74) is 4.52. The molecule has 2 aromatic carbocycles. The fourth-order valence-electron chi connectivity index (χ4n) is 3.50. The van der Waals surface area contributed by atoms with Gasteiger partial charge < -0.3 is 9.42 Å². The fraction of sp³-hybridized carbons (Fsp3) is 0.136. The lowest BCUT2D eigenvalue weighted by Crippen LogP contribution is -2.31. The zero-order valence-electron chi connectivity index (χ0n) is 15.3. The number of hydrogen-bond donors (Lipinski definition) is 0. The van der Waals surface area contributed by atoms with E-state index in [1.807, 2.05) is 36.4 Å². The molecule has 5 rings (SSSR count). The van der Waals surface area contributed by atoms with Gasteiger partial charge >= 0.3 is 0 Å². The molecule has 7 heteroatoms. The molecule has 1 aliphatic heterocycles. The Hall–Kier alpha value is -3.25. The van der Waals surface area contributed by atoms with Crippen molar-refractivity contribution in [2.24, 2.45) is 0 Å². The van der Waals surface area contributed by atoms with E-state index in [1.165, 1.54) is 12.1 Å². The highest BCUT2D eigenvalue weighted by Gasteiger charge is 2.25. The Kier molecular flexibility index (Phi) is 4.48. The van der Waals surface area contributed by atoms with Gasteiger partial charge in [-0.25, -0.2) is 4.39 Å². The van der Waals surface area contributed by atoms with Crippen molar-refractivity contribution < 1.29 is 8.91 Å². The van der Waals surface area contributed by atoms with Crippen LogP contribution in [-0.4, -0.2) is 21.9 Å². The first kappa shape index (κ1) is 17.8. The highest BCUT2D eigenvalue weighted by atomic mass is 35.5. The van der Waals surface area contributed by atoms with Gasteiger partial charge in [0.1, 0.15) is 5.82 Å². The molecule has 0 atom stereocenters. The average Bonchev–Trinajstić information content (AvgIpc) is 3.18. The van der Waals surface area contributed by atoms with E-state index < -0.39 is 0 Å². The first-order valence-electron chi connectivity index (χ1n) is 9.25. The number of nitrogens with zero attached hydrogens (tertiary/aromatic N) is 4. The van der Waals surface area contributed by atoms with Crippen molar-refractivity contribution in [2.45, 2.75) is 13.0 Å². The van der Waals surface area contributed by atoms with Crippen LogP contribution in [0.5, 0.6) is 0 Å². The SMILES string of the molecule is Fc1ccc(-c2ccc(N3CCc4noc(-c5ccc(Cl)cc5)c4C3)nn2)cc1. The number of benzene rings is 2. The van der Waals surface area contributed by atoms with Crippen molar-refractivity contribution in [1.29, 1.82) is 0 Å². The maximum Gasteiger partial charge on any atom is 0.172 e. The zero-order chi connectivity index (χ0) is 19.8. The minimum atomic E-state index is -0.271. The van der Waals surface area contributed by atoms with Gasteiger partial charge in [0.2, 0.25) is 0 Å². The van der Waals surface area contributed by atoms with Crippen LogP contribution in [0.4, 0.5) is 10.2 Å². The third kappa shape index (κ3) is 3.47. The van der Waals surface area contributed by atoms with Gasteiger partial charge in [0, 0.05) is 34.7 Å². The Bertz CT molecular complexity index is 1140. The summed E-state index contributed by atoms with van der Waals surface area (Å²) in [6.45, 7) is 1.42. The smallest absolute Gasteiger partial charge is 0.172 e. The first-order chi connectivity index (χ1) is 14.2. The van der Waals surface area contributed by atoms with Crippen molar-refractivity contribution in [3.05, 3.63) is 82.8 Å². The predicted molar refractivity (Wildman–Crippen MR) is 109 cm³/mol. The van der Waals surface area contributed by atoms with Crippen LogP contribution in [0.25, 0.3) is 22.6 Å². The van der Waals surface area contributed by atoms with Crippen molar-refractivity contribution in [3.8, 4) is 22.6 Å². The second-order valence-corrected chi connectivity index (χ2v) is 7.34. The molecule has 3 heterocycles. The van der Waals surface area contributed by atoms with E-state index in [0.29, 0.717) is 17.3 Å². The third-order valence-corrected chi connectivity index (χ3v) is 5.31. The summed E-state index contributed by atoms with van der Waals surface area (Å²) in [6, 6.07) is 17.6. The highest BCUT2D eigenvalue weighted by molar-refractivity contribution is 6.30. The van der Waals surface area contributed by atoms with Gasteiger partial charge in [0.15, 0.2) is 11.6 Å². The summed E-state index contributed by atoms with van der Waals surface area (Å²) < 4.78 is 18.7. The van der Waals surface area contributed by atoms with E-state index in [2.05, 4.69) is 20.3 Å². The second kappa shape index (κ2) is 7.29. The average molecular weight is 407 g/mol. The van der Waals surface area contributed by atoms with E-state index in [0.717, 1.165) is 46.9 Å². The van der Waals surface area contributed by atoms with Crippen molar-refractivity contribution in [3.63, 3.8) is 0 Å². The molecule has 0 aliphatic carbocycles. The summed E-state index contributed by atoms with van der Waals surface area (Å²) in [5.74, 6) is 1.27. The molecule has 0 saturated heterocycles. The molecule has 29 heavy (non-hydrogen) atoms. The molecule has 0 unspecified atom stereocenters. The van der Waals surface area contributed by atoms with Gasteiger partial charge in [0.25, 0.3) is 0 Å². The summed E-state index contributed by atoms with van der Waals surface area (Å²) >= 11 is 6.00. The van der Waals surface area contributed by atoms with Crippen LogP contribution in [0.2, 0.25) is 5.02 Å².